The Balaban J connectivity index is 2.31. The minimum absolute atomic E-state index is 0.108. The number of halogens is 1. The first kappa shape index (κ1) is 9.99. The molecule has 0 spiro atoms. The molecule has 0 aromatic heterocycles. The van der Waals surface area contributed by atoms with E-state index in [2.05, 4.69) is 21.2 Å². The zero-order valence-electron chi connectivity index (χ0n) is 8.34. The van der Waals surface area contributed by atoms with Crippen LogP contribution in [0.2, 0.25) is 0 Å². The van der Waals surface area contributed by atoms with Gasteiger partial charge in [-0.3, -0.25) is 0 Å². The van der Waals surface area contributed by atoms with Crippen LogP contribution in [-0.2, 0) is 6.42 Å². The molecule has 1 aromatic rings. The Morgan fingerprint density at radius 1 is 1.50 bits per heavy atom. The van der Waals surface area contributed by atoms with Gasteiger partial charge in [0.05, 0.1) is 11.6 Å². The van der Waals surface area contributed by atoms with E-state index >= 15 is 0 Å². The highest BCUT2D eigenvalue weighted by molar-refractivity contribution is 9.10. The molecular formula is C11H14BrNO. The molecule has 1 heterocycles. The van der Waals surface area contributed by atoms with Gasteiger partial charge < -0.3 is 10.4 Å². The van der Waals surface area contributed by atoms with E-state index in [9.17, 15) is 5.11 Å². The first-order valence-electron chi connectivity index (χ1n) is 4.75. The number of benzene rings is 1. The number of aliphatic hydroxyl groups is 1. The van der Waals surface area contributed by atoms with Crippen molar-refractivity contribution in [1.82, 2.24) is 0 Å². The first-order valence-corrected chi connectivity index (χ1v) is 5.54. The standard InChI is InChI=1S/C11H14BrNO/c1-11(2,14)10-6-7-8(12)4-3-5-9(7)13-10/h3-5,10,13-14H,6H2,1-2H3. The normalized spacial score (nSPS) is 20.4. The lowest BCUT2D eigenvalue weighted by atomic mass is 9.96. The van der Waals surface area contributed by atoms with Crippen molar-refractivity contribution in [2.75, 3.05) is 5.32 Å². The lowest BCUT2D eigenvalue weighted by Gasteiger charge is -2.25. The molecule has 1 aromatic carbocycles. The summed E-state index contributed by atoms with van der Waals surface area (Å²) in [5.74, 6) is 0. The molecule has 0 saturated carbocycles. The molecule has 2 N–H and O–H groups in total. The van der Waals surface area contributed by atoms with Crippen LogP contribution >= 0.6 is 15.9 Å². The maximum atomic E-state index is 9.90. The fraction of sp³-hybridized carbons (Fsp3) is 0.455. The second-order valence-corrected chi connectivity index (χ2v) is 5.17. The van der Waals surface area contributed by atoms with Crippen LogP contribution in [0.4, 0.5) is 5.69 Å². The van der Waals surface area contributed by atoms with E-state index in [1.165, 1.54) is 5.56 Å². The van der Waals surface area contributed by atoms with Crippen LogP contribution in [0, 0.1) is 0 Å². The second-order valence-electron chi connectivity index (χ2n) is 4.32. The summed E-state index contributed by atoms with van der Waals surface area (Å²) in [6, 6.07) is 6.19. The van der Waals surface area contributed by atoms with E-state index in [0.717, 1.165) is 16.6 Å². The van der Waals surface area contributed by atoms with Gasteiger partial charge >= 0.3 is 0 Å². The minimum atomic E-state index is -0.682. The summed E-state index contributed by atoms with van der Waals surface area (Å²) >= 11 is 3.52. The predicted molar refractivity (Wildman–Crippen MR) is 61.6 cm³/mol. The maximum Gasteiger partial charge on any atom is 0.0795 e. The van der Waals surface area contributed by atoms with Crippen LogP contribution in [0.15, 0.2) is 22.7 Å². The molecule has 0 bridgehead atoms. The van der Waals surface area contributed by atoms with Crippen LogP contribution in [0.5, 0.6) is 0 Å². The van der Waals surface area contributed by atoms with Gasteiger partial charge in [0.25, 0.3) is 0 Å². The summed E-state index contributed by atoms with van der Waals surface area (Å²) < 4.78 is 1.12. The van der Waals surface area contributed by atoms with Crippen molar-refractivity contribution < 1.29 is 5.11 Å². The zero-order valence-corrected chi connectivity index (χ0v) is 9.93. The van der Waals surface area contributed by atoms with Crippen molar-refractivity contribution in [3.63, 3.8) is 0 Å². The van der Waals surface area contributed by atoms with Crippen LogP contribution in [0.3, 0.4) is 0 Å². The molecule has 14 heavy (non-hydrogen) atoms. The molecule has 76 valence electrons. The van der Waals surface area contributed by atoms with Gasteiger partial charge in [-0.1, -0.05) is 22.0 Å². The molecule has 0 radical (unpaired) electrons. The Morgan fingerprint density at radius 3 is 2.79 bits per heavy atom. The fourth-order valence-corrected chi connectivity index (χ4v) is 2.30. The highest BCUT2D eigenvalue weighted by Crippen LogP contribution is 2.34. The van der Waals surface area contributed by atoms with Crippen LogP contribution in [0.25, 0.3) is 0 Å². The van der Waals surface area contributed by atoms with Crippen molar-refractivity contribution in [3.05, 3.63) is 28.2 Å². The number of rotatable bonds is 1. The maximum absolute atomic E-state index is 9.90. The number of anilines is 1. The van der Waals surface area contributed by atoms with Crippen molar-refractivity contribution in [1.29, 1.82) is 0 Å². The summed E-state index contributed by atoms with van der Waals surface area (Å²) in [6.07, 6.45) is 0.875. The Morgan fingerprint density at radius 2 is 2.21 bits per heavy atom. The highest BCUT2D eigenvalue weighted by Gasteiger charge is 2.32. The molecule has 0 amide bonds. The van der Waals surface area contributed by atoms with E-state index in [0.29, 0.717) is 0 Å². The van der Waals surface area contributed by atoms with E-state index in [4.69, 9.17) is 0 Å². The second kappa shape index (κ2) is 3.24. The van der Waals surface area contributed by atoms with Gasteiger partial charge in [0.15, 0.2) is 0 Å². The molecule has 0 fully saturated rings. The lowest BCUT2D eigenvalue weighted by molar-refractivity contribution is 0.0614. The number of fused-ring (bicyclic) bond motifs is 1. The summed E-state index contributed by atoms with van der Waals surface area (Å²) in [6.45, 7) is 3.68. The van der Waals surface area contributed by atoms with Gasteiger partial charge in [0.1, 0.15) is 0 Å². The van der Waals surface area contributed by atoms with Gasteiger partial charge in [-0.05, 0) is 38.0 Å². The molecule has 1 unspecified atom stereocenters. The Hall–Kier alpha value is -0.540. The van der Waals surface area contributed by atoms with E-state index in [1.54, 1.807) is 0 Å². The third-order valence-corrected chi connectivity index (χ3v) is 3.45. The largest absolute Gasteiger partial charge is 0.388 e. The molecule has 2 nitrogen and oxygen atoms in total. The Bertz CT molecular complexity index is 357. The minimum Gasteiger partial charge on any atom is -0.388 e. The SMILES string of the molecule is CC(C)(O)C1Cc2c(Br)cccc2N1. The molecule has 0 aliphatic carbocycles. The quantitative estimate of drug-likeness (QED) is 0.809. The van der Waals surface area contributed by atoms with Gasteiger partial charge in [0, 0.05) is 10.2 Å². The van der Waals surface area contributed by atoms with Crippen molar-refractivity contribution >= 4 is 21.6 Å². The number of hydrogen-bond acceptors (Lipinski definition) is 2. The van der Waals surface area contributed by atoms with Crippen molar-refractivity contribution in [2.24, 2.45) is 0 Å². The Kier molecular flexibility index (Phi) is 2.32. The summed E-state index contributed by atoms with van der Waals surface area (Å²) in [5.41, 5.74) is 1.71. The molecule has 1 aliphatic heterocycles. The van der Waals surface area contributed by atoms with Gasteiger partial charge in [0.2, 0.25) is 0 Å². The lowest BCUT2D eigenvalue weighted by Crippen LogP contribution is -2.40. The predicted octanol–water partition coefficient (Wildman–Crippen LogP) is 2.56. The van der Waals surface area contributed by atoms with E-state index in [1.807, 2.05) is 32.0 Å². The van der Waals surface area contributed by atoms with Crippen molar-refractivity contribution in [3.8, 4) is 0 Å². The monoisotopic (exact) mass is 255 g/mol. The molecule has 1 aliphatic rings. The summed E-state index contributed by atoms with van der Waals surface area (Å²) in [4.78, 5) is 0. The van der Waals surface area contributed by atoms with Crippen molar-refractivity contribution in [2.45, 2.75) is 31.9 Å². The summed E-state index contributed by atoms with van der Waals surface area (Å²) in [5, 5.41) is 13.2. The molecular weight excluding hydrogens is 242 g/mol. The van der Waals surface area contributed by atoms with Gasteiger partial charge in [-0.25, -0.2) is 0 Å². The first-order chi connectivity index (χ1) is 6.48. The van der Waals surface area contributed by atoms with Gasteiger partial charge in [-0.2, -0.15) is 0 Å². The van der Waals surface area contributed by atoms with Gasteiger partial charge in [-0.15, -0.1) is 0 Å². The Labute approximate surface area is 92.5 Å². The van der Waals surface area contributed by atoms with Crippen LogP contribution in [-0.4, -0.2) is 16.7 Å². The van der Waals surface area contributed by atoms with Crippen LogP contribution < -0.4 is 5.32 Å². The molecule has 2 rings (SSSR count). The smallest absolute Gasteiger partial charge is 0.0795 e. The van der Waals surface area contributed by atoms with Crippen LogP contribution in [0.1, 0.15) is 19.4 Å². The highest BCUT2D eigenvalue weighted by atomic mass is 79.9. The number of hydrogen-bond donors (Lipinski definition) is 2. The molecule has 1 atom stereocenters. The number of nitrogens with one attached hydrogen (secondary N) is 1. The van der Waals surface area contributed by atoms with E-state index < -0.39 is 5.60 Å². The third kappa shape index (κ3) is 1.66. The summed E-state index contributed by atoms with van der Waals surface area (Å²) in [7, 11) is 0. The zero-order chi connectivity index (χ0) is 10.3. The topological polar surface area (TPSA) is 32.3 Å². The average molecular weight is 256 g/mol. The third-order valence-electron chi connectivity index (χ3n) is 2.71. The average Bonchev–Trinajstić information content (AvgIpc) is 2.48. The fourth-order valence-electron chi connectivity index (χ4n) is 1.77. The van der Waals surface area contributed by atoms with E-state index in [-0.39, 0.29) is 6.04 Å². The molecule has 3 heteroatoms. The molecule has 0 saturated heterocycles.